The van der Waals surface area contributed by atoms with Gasteiger partial charge < -0.3 is 5.32 Å². The highest BCUT2D eigenvalue weighted by atomic mass is 79.9. The van der Waals surface area contributed by atoms with Crippen molar-refractivity contribution in [3.8, 4) is 0 Å². The van der Waals surface area contributed by atoms with Crippen LogP contribution in [-0.4, -0.2) is 21.0 Å². The number of carbonyl (C=O) groups is 1. The maximum atomic E-state index is 11.0. The maximum Gasteiger partial charge on any atom is 0.221 e. The Kier molecular flexibility index (Phi) is 3.95. The van der Waals surface area contributed by atoms with Crippen molar-refractivity contribution in [2.45, 2.75) is 13.0 Å². The van der Waals surface area contributed by atoms with Crippen LogP contribution in [0.3, 0.4) is 0 Å². The van der Waals surface area contributed by atoms with Crippen molar-refractivity contribution in [3.05, 3.63) is 18.0 Å². The van der Waals surface area contributed by atoms with E-state index in [1.54, 1.807) is 4.68 Å². The lowest BCUT2D eigenvalue weighted by Gasteiger charge is -2.00. The van der Waals surface area contributed by atoms with Crippen molar-refractivity contribution in [3.63, 3.8) is 0 Å². The molecule has 0 saturated heterocycles. The summed E-state index contributed by atoms with van der Waals surface area (Å²) in [5, 5.41) is 7.60. The van der Waals surface area contributed by atoms with Gasteiger partial charge in [-0.1, -0.05) is 15.9 Å². The summed E-state index contributed by atoms with van der Waals surface area (Å²) in [4.78, 5) is 11.0. The van der Waals surface area contributed by atoms with E-state index in [2.05, 4.69) is 26.3 Å². The standard InChI is InChI=1S/C8H12BrN3O/c1-12-5-3-7(11-12)6-10-8(13)2-4-9/h3,5H,2,4,6H2,1H3,(H,10,13). The minimum Gasteiger partial charge on any atom is -0.350 e. The molecule has 4 nitrogen and oxygen atoms in total. The van der Waals surface area contributed by atoms with Crippen LogP contribution in [0, 0.1) is 0 Å². The van der Waals surface area contributed by atoms with E-state index in [1.807, 2.05) is 19.3 Å². The molecule has 1 aromatic rings. The Labute approximate surface area is 85.4 Å². The molecule has 1 rings (SSSR count). The van der Waals surface area contributed by atoms with Gasteiger partial charge >= 0.3 is 0 Å². The summed E-state index contributed by atoms with van der Waals surface area (Å²) in [5.41, 5.74) is 0.880. The van der Waals surface area contributed by atoms with Gasteiger partial charge in [0.05, 0.1) is 12.2 Å². The fourth-order valence-electron chi connectivity index (χ4n) is 0.921. The molecule has 0 radical (unpaired) electrons. The summed E-state index contributed by atoms with van der Waals surface area (Å²) in [6, 6.07) is 1.88. The fourth-order valence-corrected chi connectivity index (χ4v) is 1.28. The average Bonchev–Trinajstić information content (AvgIpc) is 2.49. The van der Waals surface area contributed by atoms with Crippen molar-refractivity contribution >= 4 is 21.8 Å². The Morgan fingerprint density at radius 2 is 2.54 bits per heavy atom. The molecule has 0 fully saturated rings. The molecule has 0 saturated carbocycles. The van der Waals surface area contributed by atoms with E-state index in [0.717, 1.165) is 5.69 Å². The van der Waals surface area contributed by atoms with E-state index >= 15 is 0 Å². The van der Waals surface area contributed by atoms with Gasteiger partial charge in [-0.25, -0.2) is 0 Å². The highest BCUT2D eigenvalue weighted by molar-refractivity contribution is 9.09. The second-order valence-electron chi connectivity index (χ2n) is 2.70. The first-order valence-corrected chi connectivity index (χ1v) is 5.15. The minimum atomic E-state index is 0.0440. The summed E-state index contributed by atoms with van der Waals surface area (Å²) in [5.74, 6) is 0.0440. The van der Waals surface area contributed by atoms with Crippen LogP contribution >= 0.6 is 15.9 Å². The van der Waals surface area contributed by atoms with Crippen molar-refractivity contribution in [1.29, 1.82) is 0 Å². The molecule has 13 heavy (non-hydrogen) atoms. The molecule has 0 spiro atoms. The zero-order chi connectivity index (χ0) is 9.68. The number of aryl methyl sites for hydroxylation is 1. The molecule has 0 aliphatic carbocycles. The van der Waals surface area contributed by atoms with Crippen LogP contribution in [0.4, 0.5) is 0 Å². The average molecular weight is 246 g/mol. The lowest BCUT2D eigenvalue weighted by Crippen LogP contribution is -2.22. The van der Waals surface area contributed by atoms with Crippen LogP contribution in [-0.2, 0) is 18.4 Å². The quantitative estimate of drug-likeness (QED) is 0.799. The first-order valence-electron chi connectivity index (χ1n) is 4.03. The largest absolute Gasteiger partial charge is 0.350 e. The predicted octanol–water partition coefficient (Wildman–Crippen LogP) is 0.821. The van der Waals surface area contributed by atoms with Gasteiger partial charge in [-0.2, -0.15) is 5.10 Å². The number of rotatable bonds is 4. The zero-order valence-corrected chi connectivity index (χ0v) is 9.04. The Morgan fingerprint density at radius 1 is 1.77 bits per heavy atom. The molecule has 72 valence electrons. The van der Waals surface area contributed by atoms with Crippen molar-refractivity contribution < 1.29 is 4.79 Å². The molecule has 0 aliphatic heterocycles. The Bertz CT molecular complexity index is 285. The first kappa shape index (κ1) is 10.2. The Morgan fingerprint density at radius 3 is 3.08 bits per heavy atom. The van der Waals surface area contributed by atoms with Gasteiger partial charge in [-0.3, -0.25) is 9.48 Å². The number of amides is 1. The van der Waals surface area contributed by atoms with Crippen LogP contribution in [0.1, 0.15) is 12.1 Å². The lowest BCUT2D eigenvalue weighted by atomic mass is 10.4. The van der Waals surface area contributed by atoms with Crippen LogP contribution in [0.15, 0.2) is 12.3 Å². The molecule has 1 amide bonds. The van der Waals surface area contributed by atoms with E-state index in [9.17, 15) is 4.79 Å². The number of hydrogen-bond donors (Lipinski definition) is 1. The summed E-state index contributed by atoms with van der Waals surface area (Å²) in [7, 11) is 1.85. The Balaban J connectivity index is 2.30. The Hall–Kier alpha value is -0.840. The third-order valence-corrected chi connectivity index (χ3v) is 1.95. The van der Waals surface area contributed by atoms with E-state index < -0.39 is 0 Å². The summed E-state index contributed by atoms with van der Waals surface area (Å²) in [6.07, 6.45) is 2.36. The smallest absolute Gasteiger partial charge is 0.221 e. The van der Waals surface area contributed by atoms with Crippen molar-refractivity contribution in [2.75, 3.05) is 5.33 Å². The van der Waals surface area contributed by atoms with Crippen molar-refractivity contribution in [2.24, 2.45) is 7.05 Å². The van der Waals surface area contributed by atoms with E-state index in [0.29, 0.717) is 18.3 Å². The highest BCUT2D eigenvalue weighted by Gasteiger charge is 2.00. The molecule has 0 unspecified atom stereocenters. The van der Waals surface area contributed by atoms with Gasteiger partial charge in [0.15, 0.2) is 0 Å². The summed E-state index contributed by atoms with van der Waals surface area (Å²) >= 11 is 3.20. The van der Waals surface area contributed by atoms with Gasteiger partial charge in [0.2, 0.25) is 5.91 Å². The monoisotopic (exact) mass is 245 g/mol. The van der Waals surface area contributed by atoms with Crippen molar-refractivity contribution in [1.82, 2.24) is 15.1 Å². The number of hydrogen-bond acceptors (Lipinski definition) is 2. The first-order chi connectivity index (χ1) is 6.22. The molecule has 5 heteroatoms. The fraction of sp³-hybridized carbons (Fsp3) is 0.500. The van der Waals surface area contributed by atoms with Crippen LogP contribution in [0.5, 0.6) is 0 Å². The zero-order valence-electron chi connectivity index (χ0n) is 7.46. The maximum absolute atomic E-state index is 11.0. The molecule has 1 N–H and O–H groups in total. The highest BCUT2D eigenvalue weighted by Crippen LogP contribution is 1.94. The molecule has 1 aromatic heterocycles. The topological polar surface area (TPSA) is 46.9 Å². The van der Waals surface area contributed by atoms with Gasteiger partial charge in [-0.15, -0.1) is 0 Å². The number of carbonyl (C=O) groups excluding carboxylic acids is 1. The lowest BCUT2D eigenvalue weighted by molar-refractivity contribution is -0.120. The molecule has 0 aliphatic rings. The minimum absolute atomic E-state index is 0.0440. The van der Waals surface area contributed by atoms with Gasteiger partial charge in [0.25, 0.3) is 0 Å². The molecule has 0 atom stereocenters. The SMILES string of the molecule is Cn1ccc(CNC(=O)CCBr)n1. The van der Waals surface area contributed by atoms with Gasteiger partial charge in [-0.05, 0) is 6.07 Å². The third-order valence-electron chi connectivity index (χ3n) is 1.56. The molecule has 0 bridgehead atoms. The van der Waals surface area contributed by atoms with Crippen LogP contribution < -0.4 is 5.32 Å². The van der Waals surface area contributed by atoms with E-state index in [4.69, 9.17) is 0 Å². The number of halogens is 1. The van der Waals surface area contributed by atoms with Crippen LogP contribution in [0.25, 0.3) is 0 Å². The molecular weight excluding hydrogens is 234 g/mol. The molecular formula is C8H12BrN3O. The number of nitrogens with one attached hydrogen (secondary N) is 1. The molecule has 0 aromatic carbocycles. The third kappa shape index (κ3) is 3.59. The second kappa shape index (κ2) is 5.01. The van der Waals surface area contributed by atoms with E-state index in [-0.39, 0.29) is 5.91 Å². The van der Waals surface area contributed by atoms with Crippen LogP contribution in [0.2, 0.25) is 0 Å². The summed E-state index contributed by atoms with van der Waals surface area (Å²) in [6.45, 7) is 0.507. The number of aromatic nitrogens is 2. The second-order valence-corrected chi connectivity index (χ2v) is 3.49. The normalized spacial score (nSPS) is 10.0. The van der Waals surface area contributed by atoms with Gasteiger partial charge in [0.1, 0.15) is 0 Å². The number of nitrogens with zero attached hydrogens (tertiary/aromatic N) is 2. The molecule has 1 heterocycles. The number of alkyl halides is 1. The summed E-state index contributed by atoms with van der Waals surface area (Å²) < 4.78 is 1.71. The van der Waals surface area contributed by atoms with E-state index in [1.165, 1.54) is 0 Å². The predicted molar refractivity (Wildman–Crippen MR) is 53.5 cm³/mol. The van der Waals surface area contributed by atoms with Gasteiger partial charge in [0, 0.05) is 25.0 Å².